The number of rotatable bonds is 2. The summed E-state index contributed by atoms with van der Waals surface area (Å²) in [6.07, 6.45) is -0.0285. The first kappa shape index (κ1) is 14.6. The maximum Gasteiger partial charge on any atom is 0.149 e. The number of pyridine rings is 1. The van der Waals surface area contributed by atoms with Gasteiger partial charge in [-0.1, -0.05) is 0 Å². The number of likely N-dealkylation sites (N-methyl/N-ethyl adjacent to an activating group) is 1. The Kier molecular flexibility index (Phi) is 4.23. The lowest BCUT2D eigenvalue weighted by molar-refractivity contribution is 0.312. The van der Waals surface area contributed by atoms with E-state index in [2.05, 4.69) is 16.0 Å². The molecule has 1 aliphatic rings. The van der Waals surface area contributed by atoms with E-state index in [1.165, 1.54) is 0 Å². The van der Waals surface area contributed by atoms with Crippen LogP contribution in [0.3, 0.4) is 0 Å². The topological polar surface area (TPSA) is 117 Å². The van der Waals surface area contributed by atoms with Crippen molar-refractivity contribution in [2.24, 2.45) is 0 Å². The fourth-order valence-corrected chi connectivity index (χ4v) is 2.39. The van der Waals surface area contributed by atoms with E-state index in [0.717, 1.165) is 26.2 Å². The van der Waals surface area contributed by atoms with Crippen LogP contribution in [-0.2, 0) is 6.42 Å². The van der Waals surface area contributed by atoms with E-state index in [9.17, 15) is 10.5 Å². The predicted octanol–water partition coefficient (Wildman–Crippen LogP) is 0.225. The maximum absolute atomic E-state index is 9.43. The number of hydrogen-bond donors (Lipinski definition) is 1. The molecule has 2 rings (SSSR count). The molecule has 0 spiro atoms. The minimum absolute atomic E-state index is 0.0285. The first-order chi connectivity index (χ1) is 10.1. The van der Waals surface area contributed by atoms with E-state index in [1.54, 1.807) is 0 Å². The van der Waals surface area contributed by atoms with Crippen molar-refractivity contribution in [1.82, 2.24) is 9.88 Å². The van der Waals surface area contributed by atoms with Crippen molar-refractivity contribution in [3.05, 3.63) is 16.7 Å². The van der Waals surface area contributed by atoms with Gasteiger partial charge in [0.25, 0.3) is 0 Å². The number of nitrogens with zero attached hydrogens (tertiary/aromatic N) is 6. The molecule has 0 saturated carbocycles. The normalized spacial score (nSPS) is 15.0. The van der Waals surface area contributed by atoms with E-state index >= 15 is 0 Å². The largest absolute Gasteiger partial charge is 0.383 e. The fraction of sp³-hybridized carbons (Fsp3) is 0.429. The minimum Gasteiger partial charge on any atom is -0.383 e. The van der Waals surface area contributed by atoms with Crippen molar-refractivity contribution in [3.63, 3.8) is 0 Å². The molecule has 0 unspecified atom stereocenters. The Bertz CT molecular complexity index is 667. The monoisotopic (exact) mass is 281 g/mol. The van der Waals surface area contributed by atoms with Gasteiger partial charge in [0.1, 0.15) is 29.3 Å². The van der Waals surface area contributed by atoms with Crippen LogP contribution in [0.25, 0.3) is 0 Å². The molecule has 0 aliphatic carbocycles. The third kappa shape index (κ3) is 2.72. The second kappa shape index (κ2) is 6.09. The summed E-state index contributed by atoms with van der Waals surface area (Å²) in [4.78, 5) is 8.41. The van der Waals surface area contributed by atoms with Gasteiger partial charge in [-0.25, -0.2) is 4.98 Å². The van der Waals surface area contributed by atoms with E-state index in [0.29, 0.717) is 11.4 Å². The van der Waals surface area contributed by atoms with Gasteiger partial charge in [0.05, 0.1) is 18.1 Å². The van der Waals surface area contributed by atoms with E-state index in [4.69, 9.17) is 11.0 Å². The van der Waals surface area contributed by atoms with Gasteiger partial charge >= 0.3 is 0 Å². The van der Waals surface area contributed by atoms with Crippen LogP contribution < -0.4 is 10.6 Å². The Labute approximate surface area is 123 Å². The van der Waals surface area contributed by atoms with Gasteiger partial charge in [-0.2, -0.15) is 15.8 Å². The van der Waals surface area contributed by atoms with Crippen LogP contribution in [0.2, 0.25) is 0 Å². The summed E-state index contributed by atoms with van der Waals surface area (Å²) < 4.78 is 0. The fourth-order valence-electron chi connectivity index (χ4n) is 2.39. The van der Waals surface area contributed by atoms with E-state index in [-0.39, 0.29) is 23.4 Å². The molecule has 1 aromatic heterocycles. The highest BCUT2D eigenvalue weighted by Crippen LogP contribution is 2.28. The summed E-state index contributed by atoms with van der Waals surface area (Å²) in [5, 5.41) is 27.5. The molecule has 0 bridgehead atoms. The van der Waals surface area contributed by atoms with Gasteiger partial charge in [0, 0.05) is 31.7 Å². The smallest absolute Gasteiger partial charge is 0.149 e. The molecule has 0 aromatic carbocycles. The van der Waals surface area contributed by atoms with Crippen LogP contribution in [0, 0.1) is 34.0 Å². The molecule has 21 heavy (non-hydrogen) atoms. The Morgan fingerprint density at radius 2 is 1.71 bits per heavy atom. The average Bonchev–Trinajstić information content (AvgIpc) is 2.48. The lowest BCUT2D eigenvalue weighted by atomic mass is 10.0. The molecule has 2 heterocycles. The van der Waals surface area contributed by atoms with Crippen molar-refractivity contribution in [1.29, 1.82) is 15.8 Å². The van der Waals surface area contributed by atoms with Crippen LogP contribution >= 0.6 is 0 Å². The highest BCUT2D eigenvalue weighted by Gasteiger charge is 2.24. The highest BCUT2D eigenvalue weighted by atomic mass is 15.3. The first-order valence-corrected chi connectivity index (χ1v) is 6.55. The summed E-state index contributed by atoms with van der Waals surface area (Å²) in [5.41, 5.74) is 6.62. The number of piperazine rings is 1. The third-order valence-electron chi connectivity index (χ3n) is 3.59. The average molecular weight is 281 g/mol. The Morgan fingerprint density at radius 3 is 2.24 bits per heavy atom. The van der Waals surface area contributed by atoms with E-state index in [1.807, 2.05) is 24.1 Å². The highest BCUT2D eigenvalue weighted by molar-refractivity contribution is 5.69. The summed E-state index contributed by atoms with van der Waals surface area (Å²) in [5.74, 6) is 0.558. The molecule has 0 amide bonds. The van der Waals surface area contributed by atoms with Gasteiger partial charge in [-0.3, -0.25) is 0 Å². The quantitative estimate of drug-likeness (QED) is 0.824. The van der Waals surface area contributed by atoms with Crippen molar-refractivity contribution in [3.8, 4) is 18.2 Å². The molecule has 7 nitrogen and oxygen atoms in total. The zero-order valence-corrected chi connectivity index (χ0v) is 11.8. The molecule has 0 radical (unpaired) electrons. The van der Waals surface area contributed by atoms with Crippen LogP contribution in [-0.4, -0.2) is 43.1 Å². The minimum atomic E-state index is -0.0285. The zero-order chi connectivity index (χ0) is 15.4. The maximum atomic E-state index is 9.43. The molecule has 2 N–H and O–H groups in total. The number of hydrogen-bond acceptors (Lipinski definition) is 7. The third-order valence-corrected chi connectivity index (χ3v) is 3.59. The molecule has 7 heteroatoms. The van der Waals surface area contributed by atoms with Crippen molar-refractivity contribution < 1.29 is 0 Å². The molecule has 106 valence electrons. The Balaban J connectivity index is 2.55. The van der Waals surface area contributed by atoms with Crippen LogP contribution in [0.1, 0.15) is 16.7 Å². The second-order valence-corrected chi connectivity index (χ2v) is 4.90. The van der Waals surface area contributed by atoms with Gasteiger partial charge < -0.3 is 15.5 Å². The van der Waals surface area contributed by atoms with Gasteiger partial charge in [0.15, 0.2) is 0 Å². The van der Waals surface area contributed by atoms with Crippen molar-refractivity contribution >= 4 is 11.6 Å². The summed E-state index contributed by atoms with van der Waals surface area (Å²) in [6, 6.07) is 6.01. The number of nitrogens with two attached hydrogens (primary N) is 1. The molecular formula is C14H15N7. The van der Waals surface area contributed by atoms with Crippen molar-refractivity contribution in [2.75, 3.05) is 43.9 Å². The zero-order valence-electron chi connectivity index (χ0n) is 11.8. The van der Waals surface area contributed by atoms with Crippen LogP contribution in [0.4, 0.5) is 11.6 Å². The molecule has 1 fully saturated rings. The van der Waals surface area contributed by atoms with E-state index < -0.39 is 0 Å². The van der Waals surface area contributed by atoms with Gasteiger partial charge in [-0.15, -0.1) is 0 Å². The standard InChI is InChI=1S/C14H15N7/c1-20-4-6-21(7-5-20)14-12(9-17)10(2-3-15)11(8-16)13(18)19-14/h2,4-7H2,1H3,(H2,18,19). The van der Waals surface area contributed by atoms with Crippen molar-refractivity contribution in [2.45, 2.75) is 6.42 Å². The number of aromatic nitrogens is 1. The summed E-state index contributed by atoms with van der Waals surface area (Å²) >= 11 is 0. The summed E-state index contributed by atoms with van der Waals surface area (Å²) in [7, 11) is 2.03. The Hall–Kier alpha value is -2.82. The predicted molar refractivity (Wildman–Crippen MR) is 77.1 cm³/mol. The van der Waals surface area contributed by atoms with Crippen LogP contribution in [0.15, 0.2) is 0 Å². The molecular weight excluding hydrogens is 266 g/mol. The lowest BCUT2D eigenvalue weighted by Crippen LogP contribution is -2.45. The lowest BCUT2D eigenvalue weighted by Gasteiger charge is -2.34. The second-order valence-electron chi connectivity index (χ2n) is 4.90. The summed E-state index contributed by atoms with van der Waals surface area (Å²) in [6.45, 7) is 3.19. The number of anilines is 2. The molecule has 0 atom stereocenters. The molecule has 1 aliphatic heterocycles. The van der Waals surface area contributed by atoms with Gasteiger partial charge in [-0.05, 0) is 7.05 Å². The Morgan fingerprint density at radius 1 is 1.10 bits per heavy atom. The molecule has 1 saturated heterocycles. The molecule has 1 aromatic rings. The number of nitriles is 3. The first-order valence-electron chi connectivity index (χ1n) is 6.55. The SMILES string of the molecule is CN1CCN(c2nc(N)c(C#N)c(CC#N)c2C#N)CC1. The number of nitrogen functional groups attached to an aromatic ring is 1. The van der Waals surface area contributed by atoms with Crippen LogP contribution in [0.5, 0.6) is 0 Å². The van der Waals surface area contributed by atoms with Gasteiger partial charge in [0.2, 0.25) is 0 Å².